The van der Waals surface area contributed by atoms with Gasteiger partial charge in [0.05, 0.1) is 17.5 Å². The predicted molar refractivity (Wildman–Crippen MR) is 173 cm³/mol. The second-order valence-corrected chi connectivity index (χ2v) is 13.0. The Morgan fingerprint density at radius 2 is 1.49 bits per heavy atom. The third-order valence-corrected chi connectivity index (χ3v) is 9.45. The summed E-state index contributed by atoms with van der Waals surface area (Å²) in [6, 6.07) is 0. The smallest absolute Gasteiger partial charge is 0.309 e. The number of fused-ring (bicyclic) bond motifs is 2. The van der Waals surface area contributed by atoms with Gasteiger partial charge in [-0.05, 0) is 19.8 Å². The molecule has 0 aromatic carbocycles. The van der Waals surface area contributed by atoms with Gasteiger partial charge in [0.25, 0.3) is 0 Å². The summed E-state index contributed by atoms with van der Waals surface area (Å²) in [5.41, 5.74) is 0.389. The zero-order chi connectivity index (χ0) is 31.7. The predicted octanol–water partition coefficient (Wildman–Crippen LogP) is 7.90. The molecule has 3 aliphatic rings. The van der Waals surface area contributed by atoms with Crippen LogP contribution >= 0.6 is 0 Å². The number of nitrogens with zero attached hydrogens (tertiary/aromatic N) is 3. The van der Waals surface area contributed by atoms with Crippen molar-refractivity contribution in [2.75, 3.05) is 20.0 Å². The fraction of sp³-hybridized carbons (Fsp3) is 0.778. The average molecular weight is 628 g/mol. The van der Waals surface area contributed by atoms with Gasteiger partial charge in [-0.15, -0.1) is 6.42 Å². The van der Waals surface area contributed by atoms with Gasteiger partial charge >= 0.3 is 12.0 Å². The number of ether oxygens (including phenoxy) is 4. The number of rotatable bonds is 1. The van der Waals surface area contributed by atoms with Crippen molar-refractivity contribution >= 4 is 17.9 Å². The van der Waals surface area contributed by atoms with Crippen LogP contribution in [0.25, 0.3) is 0 Å². The number of cyclic esters (lactones) is 1. The zero-order valence-electron chi connectivity index (χ0n) is 27.4. The third-order valence-electron chi connectivity index (χ3n) is 9.45. The summed E-state index contributed by atoms with van der Waals surface area (Å²) in [5.74, 6) is 2.30. The van der Waals surface area contributed by atoms with Gasteiger partial charge in [-0.3, -0.25) is 9.79 Å². The summed E-state index contributed by atoms with van der Waals surface area (Å²) < 4.78 is 38.2. The van der Waals surface area contributed by atoms with Gasteiger partial charge in [0.2, 0.25) is 0 Å². The van der Waals surface area contributed by atoms with Crippen molar-refractivity contribution in [1.82, 2.24) is 9.97 Å². The quantitative estimate of drug-likeness (QED) is 0.178. The Kier molecular flexibility index (Phi) is 15.2. The first-order valence-electron chi connectivity index (χ1n) is 17.6. The van der Waals surface area contributed by atoms with E-state index in [0.717, 1.165) is 32.1 Å². The van der Waals surface area contributed by atoms with E-state index in [1.54, 1.807) is 13.1 Å². The minimum Gasteiger partial charge on any atom is -0.461 e. The van der Waals surface area contributed by atoms with Crippen LogP contribution in [0.15, 0.2) is 4.99 Å². The molecule has 3 aliphatic heterocycles. The highest BCUT2D eigenvalue weighted by Crippen LogP contribution is 2.39. The summed E-state index contributed by atoms with van der Waals surface area (Å²) in [4.78, 5) is 25.0. The Morgan fingerprint density at radius 1 is 0.889 bits per heavy atom. The van der Waals surface area contributed by atoms with Crippen LogP contribution in [-0.2, 0) is 30.2 Å². The van der Waals surface area contributed by atoms with Crippen molar-refractivity contribution in [3.05, 3.63) is 17.5 Å². The van der Waals surface area contributed by atoms with Gasteiger partial charge in [-0.1, -0.05) is 102 Å². The fourth-order valence-electron chi connectivity index (χ4n) is 6.70. The Bertz CT molecular complexity index is 1120. The molecule has 4 rings (SSSR count). The summed E-state index contributed by atoms with van der Waals surface area (Å²) >= 11 is 0. The average Bonchev–Trinajstić information content (AvgIpc) is 3.40. The normalized spacial score (nSPS) is 29.4. The number of halogens is 1. The fourth-order valence-corrected chi connectivity index (χ4v) is 6.70. The lowest BCUT2D eigenvalue weighted by Crippen LogP contribution is -2.45. The molecule has 0 saturated carbocycles. The Labute approximate surface area is 269 Å². The molecule has 0 N–H and O–H groups in total. The molecule has 0 spiro atoms. The van der Waals surface area contributed by atoms with E-state index in [1.165, 1.54) is 77.0 Å². The molecular formula is C36H54FN3O5. The standard InChI is InChI=1S/C36H54FN3O5/c1-3-36-26-43-33(41)21-19-17-15-13-11-9-7-5-4-6-8-10-12-14-16-18-20-22-42-27-44-32(36)24-31(45-36)29-23-30-34(38-25-29)28(2)39-35(37)40-30/h1,25,29,31-32H,4-24,26-27H2,2H3/t29?,31-,32+,36-/m1/s1. The Hall–Kier alpha value is -2.41. The number of hydrogen-bond donors (Lipinski definition) is 0. The van der Waals surface area contributed by atoms with E-state index < -0.39 is 17.8 Å². The molecule has 4 heterocycles. The monoisotopic (exact) mass is 627 g/mol. The van der Waals surface area contributed by atoms with Crippen molar-refractivity contribution in [3.8, 4) is 12.3 Å². The van der Waals surface area contributed by atoms with Gasteiger partial charge in [0, 0.05) is 38.0 Å². The largest absolute Gasteiger partial charge is 0.461 e. The SMILES string of the molecule is C#C[C@@]12COC(=O)CCCCCCCCCCCCCCCCCCCOCO[C@H]1C[C@H](C1C=Nc3c(C)nc(F)nc3C1)O2. The maximum atomic E-state index is 14.0. The number of esters is 1. The molecule has 0 amide bonds. The molecule has 0 bridgehead atoms. The number of terminal acetylenes is 1. The highest BCUT2D eigenvalue weighted by molar-refractivity contribution is 5.72. The Balaban J connectivity index is 1.34. The summed E-state index contributed by atoms with van der Waals surface area (Å²) in [6.07, 6.45) is 28.3. The number of aryl methyl sites for hydroxylation is 1. The van der Waals surface area contributed by atoms with Gasteiger partial charge in [-0.25, -0.2) is 9.97 Å². The van der Waals surface area contributed by atoms with E-state index in [-0.39, 0.29) is 31.4 Å². The molecule has 0 radical (unpaired) electrons. The van der Waals surface area contributed by atoms with E-state index in [4.69, 9.17) is 25.4 Å². The van der Waals surface area contributed by atoms with Crippen LogP contribution in [-0.4, -0.2) is 60.0 Å². The lowest BCUT2D eigenvalue weighted by atomic mass is 9.90. The van der Waals surface area contributed by atoms with Gasteiger partial charge < -0.3 is 18.9 Å². The molecule has 1 unspecified atom stereocenters. The lowest BCUT2D eigenvalue weighted by molar-refractivity contribution is -0.165. The molecule has 0 aliphatic carbocycles. The molecule has 2 fully saturated rings. The highest BCUT2D eigenvalue weighted by Gasteiger charge is 2.52. The van der Waals surface area contributed by atoms with Gasteiger partial charge in [0.1, 0.15) is 25.2 Å². The van der Waals surface area contributed by atoms with Crippen molar-refractivity contribution in [2.24, 2.45) is 10.9 Å². The van der Waals surface area contributed by atoms with Crippen molar-refractivity contribution in [2.45, 2.75) is 153 Å². The molecule has 1 aromatic rings. The summed E-state index contributed by atoms with van der Waals surface area (Å²) in [6.45, 7) is 2.32. The van der Waals surface area contributed by atoms with E-state index in [0.29, 0.717) is 42.9 Å². The lowest BCUT2D eigenvalue weighted by Gasteiger charge is -2.30. The molecule has 8 nitrogen and oxygen atoms in total. The van der Waals surface area contributed by atoms with Crippen molar-refractivity contribution < 1.29 is 28.1 Å². The van der Waals surface area contributed by atoms with Crippen molar-refractivity contribution in [3.63, 3.8) is 0 Å². The molecule has 2 saturated heterocycles. The number of aliphatic imine (C=N–C) groups is 1. The maximum Gasteiger partial charge on any atom is 0.309 e. The number of hydrogen-bond acceptors (Lipinski definition) is 8. The number of carbonyl (C=O) groups is 1. The number of aromatic nitrogens is 2. The molecular weight excluding hydrogens is 573 g/mol. The second kappa shape index (κ2) is 19.3. The van der Waals surface area contributed by atoms with Crippen LogP contribution in [0, 0.1) is 31.3 Å². The maximum absolute atomic E-state index is 14.0. The van der Waals surface area contributed by atoms with Crippen LogP contribution in [0.4, 0.5) is 10.1 Å². The topological polar surface area (TPSA) is 92.1 Å². The molecule has 1 aromatic heterocycles. The minimum atomic E-state index is -1.26. The summed E-state index contributed by atoms with van der Waals surface area (Å²) in [7, 11) is 0. The van der Waals surface area contributed by atoms with Crippen molar-refractivity contribution in [1.29, 1.82) is 0 Å². The van der Waals surface area contributed by atoms with Gasteiger partial charge in [-0.2, -0.15) is 4.39 Å². The van der Waals surface area contributed by atoms with E-state index >= 15 is 0 Å². The van der Waals surface area contributed by atoms with Crippen LogP contribution in [0.3, 0.4) is 0 Å². The third kappa shape index (κ3) is 11.4. The van der Waals surface area contributed by atoms with Crippen LogP contribution < -0.4 is 0 Å². The first-order valence-corrected chi connectivity index (χ1v) is 17.6. The van der Waals surface area contributed by atoms with Crippen LogP contribution in [0.2, 0.25) is 0 Å². The highest BCUT2D eigenvalue weighted by atomic mass is 19.1. The van der Waals surface area contributed by atoms with Gasteiger partial charge in [0.15, 0.2) is 5.60 Å². The first kappa shape index (κ1) is 35.4. The minimum absolute atomic E-state index is 0.0807. The molecule has 9 heteroatoms. The zero-order valence-corrected chi connectivity index (χ0v) is 27.4. The van der Waals surface area contributed by atoms with Crippen LogP contribution in [0.5, 0.6) is 0 Å². The first-order chi connectivity index (χ1) is 22.0. The molecule has 45 heavy (non-hydrogen) atoms. The Morgan fingerprint density at radius 3 is 2.11 bits per heavy atom. The molecule has 4 atom stereocenters. The van der Waals surface area contributed by atoms with E-state index in [1.807, 2.05) is 0 Å². The van der Waals surface area contributed by atoms with E-state index in [2.05, 4.69) is 20.9 Å². The molecule has 250 valence electrons. The second-order valence-electron chi connectivity index (χ2n) is 13.0. The number of carbonyl (C=O) groups excluding carboxylic acids is 1. The van der Waals surface area contributed by atoms with E-state index in [9.17, 15) is 9.18 Å². The summed E-state index contributed by atoms with van der Waals surface area (Å²) in [5, 5.41) is 0. The van der Waals surface area contributed by atoms with Crippen LogP contribution in [0.1, 0.15) is 133 Å².